The molecule has 0 aliphatic heterocycles. The fourth-order valence-corrected chi connectivity index (χ4v) is 3.52. The van der Waals surface area contributed by atoms with Crippen LogP contribution in [0.15, 0.2) is 35.8 Å². The SMILES string of the molecule is C=CCCCC[C@H]1CC[C@H](c2ccc(N=C=S)c(F)c2)CC1. The average Bonchev–Trinajstić information content (AvgIpc) is 2.54. The average molecular weight is 317 g/mol. The molecule has 1 aliphatic rings. The van der Waals surface area contributed by atoms with Crippen molar-refractivity contribution in [1.82, 2.24) is 0 Å². The van der Waals surface area contributed by atoms with Gasteiger partial charge in [-0.25, -0.2) is 4.39 Å². The monoisotopic (exact) mass is 317 g/mol. The molecule has 3 heteroatoms. The van der Waals surface area contributed by atoms with E-state index < -0.39 is 0 Å². The van der Waals surface area contributed by atoms with Crippen molar-refractivity contribution in [2.24, 2.45) is 10.9 Å². The Labute approximate surface area is 138 Å². The molecular weight excluding hydrogens is 293 g/mol. The van der Waals surface area contributed by atoms with Gasteiger partial charge in [0.1, 0.15) is 11.5 Å². The zero-order chi connectivity index (χ0) is 15.8. The second-order valence-electron chi connectivity index (χ2n) is 6.20. The molecule has 0 bridgehead atoms. The minimum Gasteiger partial charge on any atom is -0.205 e. The van der Waals surface area contributed by atoms with Gasteiger partial charge in [-0.1, -0.05) is 25.0 Å². The van der Waals surface area contributed by atoms with Gasteiger partial charge < -0.3 is 0 Å². The van der Waals surface area contributed by atoms with Gasteiger partial charge in [-0.05, 0) is 80.3 Å². The predicted octanol–water partition coefficient (Wildman–Crippen LogP) is 6.58. The van der Waals surface area contributed by atoms with Crippen LogP contribution in [-0.2, 0) is 0 Å². The Morgan fingerprint density at radius 3 is 2.68 bits per heavy atom. The molecule has 118 valence electrons. The van der Waals surface area contributed by atoms with Gasteiger partial charge in [0.2, 0.25) is 0 Å². The highest BCUT2D eigenvalue weighted by atomic mass is 32.1. The Kier molecular flexibility index (Phi) is 6.95. The molecule has 1 saturated carbocycles. The minimum atomic E-state index is -0.290. The van der Waals surface area contributed by atoms with Crippen molar-refractivity contribution in [2.75, 3.05) is 0 Å². The summed E-state index contributed by atoms with van der Waals surface area (Å²) in [7, 11) is 0. The van der Waals surface area contributed by atoms with Crippen LogP contribution in [-0.4, -0.2) is 5.16 Å². The first-order chi connectivity index (χ1) is 10.7. The number of benzene rings is 1. The van der Waals surface area contributed by atoms with E-state index in [0.29, 0.717) is 5.92 Å². The summed E-state index contributed by atoms with van der Waals surface area (Å²) in [5.74, 6) is 1.05. The molecule has 0 heterocycles. The molecule has 0 N–H and O–H groups in total. The van der Waals surface area contributed by atoms with Crippen LogP contribution in [0.25, 0.3) is 0 Å². The summed E-state index contributed by atoms with van der Waals surface area (Å²) in [4.78, 5) is 3.74. The van der Waals surface area contributed by atoms with Crippen LogP contribution in [0.4, 0.5) is 10.1 Å². The molecule has 1 fully saturated rings. The van der Waals surface area contributed by atoms with E-state index in [1.54, 1.807) is 12.1 Å². The maximum Gasteiger partial charge on any atom is 0.149 e. The van der Waals surface area contributed by atoms with E-state index in [0.717, 1.165) is 17.9 Å². The highest BCUT2D eigenvalue weighted by molar-refractivity contribution is 7.78. The van der Waals surface area contributed by atoms with Gasteiger partial charge in [-0.3, -0.25) is 0 Å². The van der Waals surface area contributed by atoms with E-state index in [4.69, 9.17) is 0 Å². The number of isothiocyanates is 1. The first kappa shape index (κ1) is 17.1. The Morgan fingerprint density at radius 2 is 2.05 bits per heavy atom. The second kappa shape index (κ2) is 8.97. The fourth-order valence-electron chi connectivity index (χ4n) is 3.42. The Morgan fingerprint density at radius 1 is 1.27 bits per heavy atom. The molecule has 0 spiro atoms. The standard InChI is InChI=1S/C19H24FNS/c1-2-3-4-5-6-15-7-9-16(10-8-15)17-11-12-19(21-14-22)18(20)13-17/h2,11-13,15-16H,1,3-10H2/t15-,16-. The number of hydrogen-bond acceptors (Lipinski definition) is 2. The van der Waals surface area contributed by atoms with Gasteiger partial charge in [0.05, 0.1) is 5.16 Å². The zero-order valence-electron chi connectivity index (χ0n) is 13.1. The fraction of sp³-hybridized carbons (Fsp3) is 0.526. The molecule has 0 amide bonds. The smallest absolute Gasteiger partial charge is 0.149 e. The molecule has 1 nitrogen and oxygen atoms in total. The number of halogens is 1. The van der Waals surface area contributed by atoms with Crippen LogP contribution in [0.5, 0.6) is 0 Å². The van der Waals surface area contributed by atoms with Crippen molar-refractivity contribution in [3.63, 3.8) is 0 Å². The lowest BCUT2D eigenvalue weighted by atomic mass is 9.77. The summed E-state index contributed by atoms with van der Waals surface area (Å²) in [6, 6.07) is 5.33. The van der Waals surface area contributed by atoms with E-state index in [2.05, 4.69) is 29.0 Å². The van der Waals surface area contributed by atoms with Crippen molar-refractivity contribution in [2.45, 2.75) is 57.3 Å². The molecule has 1 aliphatic carbocycles. The van der Waals surface area contributed by atoms with Gasteiger partial charge in [0, 0.05) is 0 Å². The lowest BCUT2D eigenvalue weighted by Gasteiger charge is -2.29. The van der Waals surface area contributed by atoms with Crippen molar-refractivity contribution >= 4 is 23.1 Å². The molecule has 0 radical (unpaired) electrons. The highest BCUT2D eigenvalue weighted by Crippen LogP contribution is 2.38. The number of aliphatic imine (C=N–C) groups is 1. The summed E-state index contributed by atoms with van der Waals surface area (Å²) >= 11 is 4.53. The predicted molar refractivity (Wildman–Crippen MR) is 94.5 cm³/mol. The van der Waals surface area contributed by atoms with Crippen molar-refractivity contribution in [3.8, 4) is 0 Å². The Balaban J connectivity index is 1.85. The second-order valence-corrected chi connectivity index (χ2v) is 6.39. The maximum atomic E-state index is 13.9. The first-order valence-electron chi connectivity index (χ1n) is 8.22. The normalized spacial score (nSPS) is 21.1. The van der Waals surface area contributed by atoms with Crippen LogP contribution in [0.3, 0.4) is 0 Å². The topological polar surface area (TPSA) is 12.4 Å². The molecule has 0 saturated heterocycles. The summed E-state index contributed by atoms with van der Waals surface area (Å²) in [6.45, 7) is 3.77. The molecular formula is C19H24FNS. The molecule has 0 unspecified atom stereocenters. The summed E-state index contributed by atoms with van der Waals surface area (Å²) in [6.07, 6.45) is 11.9. The number of hydrogen-bond donors (Lipinski definition) is 0. The largest absolute Gasteiger partial charge is 0.205 e. The van der Waals surface area contributed by atoms with Gasteiger partial charge >= 0.3 is 0 Å². The number of nitrogens with zero attached hydrogens (tertiary/aromatic N) is 1. The number of unbranched alkanes of at least 4 members (excludes halogenated alkanes) is 2. The third kappa shape index (κ3) is 4.86. The van der Waals surface area contributed by atoms with E-state index in [-0.39, 0.29) is 11.5 Å². The van der Waals surface area contributed by atoms with Gasteiger partial charge in [-0.2, -0.15) is 4.99 Å². The summed E-state index contributed by atoms with van der Waals surface area (Å²) in [5.41, 5.74) is 1.39. The lowest BCUT2D eigenvalue weighted by Crippen LogP contribution is -2.13. The van der Waals surface area contributed by atoms with Gasteiger partial charge in [0.15, 0.2) is 0 Å². The Hall–Kier alpha value is -1.31. The summed E-state index contributed by atoms with van der Waals surface area (Å²) < 4.78 is 13.9. The third-order valence-electron chi connectivity index (χ3n) is 4.73. The molecule has 1 aromatic rings. The summed E-state index contributed by atoms with van der Waals surface area (Å²) in [5, 5.41) is 2.22. The van der Waals surface area contributed by atoms with Crippen LogP contribution < -0.4 is 0 Å². The molecule has 2 rings (SSSR count). The Bertz CT molecular complexity index is 540. The molecule has 22 heavy (non-hydrogen) atoms. The van der Waals surface area contributed by atoms with Crippen LogP contribution >= 0.6 is 12.2 Å². The lowest BCUT2D eigenvalue weighted by molar-refractivity contribution is 0.303. The maximum absolute atomic E-state index is 13.9. The van der Waals surface area contributed by atoms with Gasteiger partial charge in [-0.15, -0.1) is 6.58 Å². The van der Waals surface area contributed by atoms with E-state index in [9.17, 15) is 4.39 Å². The van der Waals surface area contributed by atoms with E-state index in [1.807, 2.05) is 12.1 Å². The van der Waals surface area contributed by atoms with Crippen LogP contribution in [0, 0.1) is 11.7 Å². The van der Waals surface area contributed by atoms with E-state index >= 15 is 0 Å². The quantitative estimate of drug-likeness (QED) is 0.239. The van der Waals surface area contributed by atoms with E-state index in [1.165, 1.54) is 44.9 Å². The van der Waals surface area contributed by atoms with Crippen LogP contribution in [0.1, 0.15) is 62.8 Å². The molecule has 0 aromatic heterocycles. The van der Waals surface area contributed by atoms with Crippen LogP contribution in [0.2, 0.25) is 0 Å². The van der Waals surface area contributed by atoms with Crippen molar-refractivity contribution < 1.29 is 4.39 Å². The third-order valence-corrected chi connectivity index (χ3v) is 4.82. The first-order valence-corrected chi connectivity index (χ1v) is 8.63. The zero-order valence-corrected chi connectivity index (χ0v) is 13.9. The van der Waals surface area contributed by atoms with Gasteiger partial charge in [0.25, 0.3) is 0 Å². The minimum absolute atomic E-state index is 0.287. The highest BCUT2D eigenvalue weighted by Gasteiger charge is 2.22. The van der Waals surface area contributed by atoms with Crippen molar-refractivity contribution in [1.29, 1.82) is 0 Å². The number of rotatable bonds is 7. The number of allylic oxidation sites excluding steroid dienone is 1. The van der Waals surface area contributed by atoms with Crippen molar-refractivity contribution in [3.05, 3.63) is 42.2 Å². The molecule has 1 aromatic carbocycles. The number of thiocarbonyl (C=S) groups is 1. The molecule has 0 atom stereocenters.